The fourth-order valence-corrected chi connectivity index (χ4v) is 2.32. The van der Waals surface area contributed by atoms with Crippen molar-refractivity contribution in [1.82, 2.24) is 9.47 Å². The quantitative estimate of drug-likeness (QED) is 0.881. The summed E-state index contributed by atoms with van der Waals surface area (Å²) in [7, 11) is -2.77. The van der Waals surface area contributed by atoms with Crippen LogP contribution < -0.4 is 5.14 Å². The third-order valence-corrected chi connectivity index (χ3v) is 3.55. The first-order valence-corrected chi connectivity index (χ1v) is 7.55. The first kappa shape index (κ1) is 17.5. The van der Waals surface area contributed by atoms with Crippen LogP contribution in [-0.2, 0) is 16.6 Å². The summed E-state index contributed by atoms with van der Waals surface area (Å²) in [4.78, 5) is 12.8. The molecule has 0 aliphatic heterocycles. The van der Waals surface area contributed by atoms with Crippen molar-refractivity contribution < 1.29 is 26.4 Å². The maximum Gasteiger partial charge on any atom is 0.406 e. The molecule has 0 aliphatic carbocycles. The SMILES string of the molecule is CCCN(C)C(=O)c1cc(S(N)(=O)=O)cn1CC(F)(F)F. The number of carbonyl (C=O) groups excluding carboxylic acids is 1. The number of rotatable bonds is 5. The summed E-state index contributed by atoms with van der Waals surface area (Å²) in [5.74, 6) is -0.698. The summed E-state index contributed by atoms with van der Waals surface area (Å²) < 4.78 is 60.6. The van der Waals surface area contributed by atoms with E-state index in [2.05, 4.69) is 0 Å². The summed E-state index contributed by atoms with van der Waals surface area (Å²) in [6.45, 7) is 0.665. The maximum atomic E-state index is 12.5. The molecule has 0 fully saturated rings. The smallest absolute Gasteiger partial charge is 0.340 e. The van der Waals surface area contributed by atoms with E-state index in [0.29, 0.717) is 17.5 Å². The van der Waals surface area contributed by atoms with E-state index in [-0.39, 0.29) is 5.69 Å². The van der Waals surface area contributed by atoms with Gasteiger partial charge in [0.2, 0.25) is 10.0 Å². The zero-order valence-electron chi connectivity index (χ0n) is 11.5. The van der Waals surface area contributed by atoms with Crippen molar-refractivity contribution in [2.24, 2.45) is 5.14 Å². The van der Waals surface area contributed by atoms with Crippen LogP contribution in [0.1, 0.15) is 23.8 Å². The van der Waals surface area contributed by atoms with Crippen molar-refractivity contribution in [1.29, 1.82) is 0 Å². The highest BCUT2D eigenvalue weighted by atomic mass is 32.2. The minimum Gasteiger partial charge on any atom is -0.340 e. The van der Waals surface area contributed by atoms with Crippen LogP contribution in [0, 0.1) is 0 Å². The molecule has 0 aliphatic rings. The molecule has 120 valence electrons. The molecule has 1 amide bonds. The zero-order chi connectivity index (χ0) is 16.4. The van der Waals surface area contributed by atoms with E-state index >= 15 is 0 Å². The molecule has 0 atom stereocenters. The lowest BCUT2D eigenvalue weighted by atomic mass is 10.3. The van der Waals surface area contributed by atoms with Gasteiger partial charge in [0.25, 0.3) is 5.91 Å². The minimum atomic E-state index is -4.59. The lowest BCUT2D eigenvalue weighted by molar-refractivity contribution is -0.140. The van der Waals surface area contributed by atoms with Crippen molar-refractivity contribution in [2.45, 2.75) is 31.0 Å². The zero-order valence-corrected chi connectivity index (χ0v) is 12.3. The van der Waals surface area contributed by atoms with Crippen molar-refractivity contribution in [3.63, 3.8) is 0 Å². The van der Waals surface area contributed by atoms with Crippen molar-refractivity contribution in [3.8, 4) is 0 Å². The van der Waals surface area contributed by atoms with Gasteiger partial charge < -0.3 is 9.47 Å². The Morgan fingerprint density at radius 3 is 2.43 bits per heavy atom. The molecule has 0 spiro atoms. The van der Waals surface area contributed by atoms with Crippen LogP contribution in [0.15, 0.2) is 17.2 Å². The lowest BCUT2D eigenvalue weighted by Gasteiger charge is -2.18. The molecule has 6 nitrogen and oxygen atoms in total. The number of nitrogens with zero attached hydrogens (tertiary/aromatic N) is 2. The van der Waals surface area contributed by atoms with Crippen LogP contribution in [-0.4, -0.2) is 43.6 Å². The standard InChI is InChI=1S/C11H16F3N3O3S/c1-3-4-16(2)10(18)9-5-8(21(15,19)20)6-17(9)7-11(12,13)14/h5-6H,3-4,7H2,1-2H3,(H2,15,19,20). The summed E-state index contributed by atoms with van der Waals surface area (Å²) in [5, 5.41) is 4.89. The van der Waals surface area contributed by atoms with Crippen molar-refractivity contribution >= 4 is 15.9 Å². The normalized spacial score (nSPS) is 12.5. The van der Waals surface area contributed by atoms with Crippen LogP contribution in [0.25, 0.3) is 0 Å². The monoisotopic (exact) mass is 327 g/mol. The third kappa shape index (κ3) is 4.74. The van der Waals surface area contributed by atoms with Gasteiger partial charge >= 0.3 is 6.18 Å². The van der Waals surface area contributed by atoms with Crippen LogP contribution in [0.4, 0.5) is 13.2 Å². The Balaban J connectivity index is 3.28. The van der Waals surface area contributed by atoms with Gasteiger partial charge in [0, 0.05) is 19.8 Å². The van der Waals surface area contributed by atoms with Crippen molar-refractivity contribution in [2.75, 3.05) is 13.6 Å². The van der Waals surface area contributed by atoms with E-state index < -0.39 is 33.5 Å². The Bertz CT molecular complexity index is 622. The van der Waals surface area contributed by atoms with E-state index in [0.717, 1.165) is 12.3 Å². The largest absolute Gasteiger partial charge is 0.406 e. The van der Waals surface area contributed by atoms with Crippen molar-refractivity contribution in [3.05, 3.63) is 18.0 Å². The summed E-state index contributed by atoms with van der Waals surface area (Å²) >= 11 is 0. The first-order valence-electron chi connectivity index (χ1n) is 6.01. The number of primary sulfonamides is 1. The highest BCUT2D eigenvalue weighted by Crippen LogP contribution is 2.22. The highest BCUT2D eigenvalue weighted by molar-refractivity contribution is 7.89. The van der Waals surface area contributed by atoms with E-state index in [4.69, 9.17) is 5.14 Å². The number of alkyl halides is 3. The second-order valence-electron chi connectivity index (χ2n) is 4.58. The lowest BCUT2D eigenvalue weighted by Crippen LogP contribution is -2.30. The Labute approximate surface area is 120 Å². The number of nitrogens with two attached hydrogens (primary N) is 1. The predicted molar refractivity (Wildman–Crippen MR) is 69.1 cm³/mol. The highest BCUT2D eigenvalue weighted by Gasteiger charge is 2.31. The number of aromatic nitrogens is 1. The summed E-state index contributed by atoms with van der Waals surface area (Å²) in [6, 6.07) is 0.857. The van der Waals surface area contributed by atoms with Gasteiger partial charge in [0.1, 0.15) is 17.1 Å². The number of hydrogen-bond donors (Lipinski definition) is 1. The average molecular weight is 327 g/mol. The van der Waals surface area contributed by atoms with E-state index in [1.165, 1.54) is 11.9 Å². The molecule has 1 heterocycles. The Morgan fingerprint density at radius 2 is 2.00 bits per heavy atom. The molecule has 0 saturated heterocycles. The minimum absolute atomic E-state index is 0.334. The van der Waals surface area contributed by atoms with Gasteiger partial charge in [0.15, 0.2) is 0 Å². The molecule has 21 heavy (non-hydrogen) atoms. The number of halogens is 3. The molecule has 1 aromatic rings. The number of carbonyl (C=O) groups is 1. The van der Waals surface area contributed by atoms with Crippen LogP contribution in [0.3, 0.4) is 0 Å². The summed E-state index contributed by atoms with van der Waals surface area (Å²) in [5.41, 5.74) is -0.368. The topological polar surface area (TPSA) is 85.4 Å². The molecule has 0 saturated carbocycles. The Hall–Kier alpha value is -1.55. The van der Waals surface area contributed by atoms with Gasteiger partial charge in [-0.05, 0) is 12.5 Å². The molecule has 0 aromatic carbocycles. The molecular formula is C11H16F3N3O3S. The number of hydrogen-bond acceptors (Lipinski definition) is 3. The first-order chi connectivity index (χ1) is 9.45. The fraction of sp³-hybridized carbons (Fsp3) is 0.545. The van der Waals surface area contributed by atoms with E-state index in [1.807, 2.05) is 0 Å². The molecule has 2 N–H and O–H groups in total. The number of sulfonamides is 1. The second-order valence-corrected chi connectivity index (χ2v) is 6.14. The predicted octanol–water partition coefficient (Wildman–Crippen LogP) is 1.18. The molecule has 10 heteroatoms. The molecule has 0 radical (unpaired) electrons. The number of amides is 1. The average Bonchev–Trinajstić information content (AvgIpc) is 2.69. The van der Waals surface area contributed by atoms with Gasteiger partial charge in [-0.2, -0.15) is 13.2 Å². The van der Waals surface area contributed by atoms with Gasteiger partial charge in [0.05, 0.1) is 0 Å². The van der Waals surface area contributed by atoms with Gasteiger partial charge in [-0.1, -0.05) is 6.92 Å². The molecule has 1 rings (SSSR count). The Kier molecular flexibility index (Phi) is 5.05. The Morgan fingerprint density at radius 1 is 1.43 bits per heavy atom. The van der Waals surface area contributed by atoms with Gasteiger partial charge in [-0.25, -0.2) is 13.6 Å². The van der Waals surface area contributed by atoms with E-state index in [1.54, 1.807) is 6.92 Å². The fourth-order valence-electron chi connectivity index (χ4n) is 1.77. The molecule has 0 unspecified atom stereocenters. The third-order valence-electron chi connectivity index (χ3n) is 2.67. The maximum absolute atomic E-state index is 12.5. The molecular weight excluding hydrogens is 311 g/mol. The summed E-state index contributed by atoms with van der Waals surface area (Å²) in [6.07, 6.45) is -3.26. The van der Waals surface area contributed by atoms with Crippen LogP contribution in [0.2, 0.25) is 0 Å². The molecule has 0 bridgehead atoms. The second kappa shape index (κ2) is 6.06. The molecule has 1 aromatic heterocycles. The van der Waals surface area contributed by atoms with Crippen LogP contribution >= 0.6 is 0 Å². The van der Waals surface area contributed by atoms with Gasteiger partial charge in [-0.15, -0.1) is 0 Å². The van der Waals surface area contributed by atoms with Gasteiger partial charge in [-0.3, -0.25) is 4.79 Å². The van der Waals surface area contributed by atoms with Crippen LogP contribution in [0.5, 0.6) is 0 Å². The van der Waals surface area contributed by atoms with E-state index in [9.17, 15) is 26.4 Å².